The third-order valence-corrected chi connectivity index (χ3v) is 11.6. The lowest BCUT2D eigenvalue weighted by Crippen LogP contribution is -2.66. The van der Waals surface area contributed by atoms with Crippen molar-refractivity contribution < 1.29 is 39.2 Å². The van der Waals surface area contributed by atoms with E-state index in [1.54, 1.807) is 26.0 Å². The first kappa shape index (κ1) is 33.8. The molecule has 0 aliphatic heterocycles. The summed E-state index contributed by atoms with van der Waals surface area (Å²) in [5, 5.41) is 36.6. The average Bonchev–Trinajstić information content (AvgIpc) is 3.37. The zero-order valence-corrected chi connectivity index (χ0v) is 28.3. The Hall–Kier alpha value is -1.07. The Morgan fingerprint density at radius 3 is 2.14 bits per heavy atom. The van der Waals surface area contributed by atoms with Crippen molar-refractivity contribution in [3.8, 4) is 0 Å². The average molecular weight is 719 g/mol. The van der Waals surface area contributed by atoms with Crippen LogP contribution in [0, 0.1) is 29.1 Å². The fourth-order valence-electron chi connectivity index (χ4n) is 8.34. The van der Waals surface area contributed by atoms with Crippen LogP contribution in [0.5, 0.6) is 0 Å². The Bertz CT molecular complexity index is 1130. The summed E-state index contributed by atoms with van der Waals surface area (Å²) in [6.07, 6.45) is 7.64. The predicted octanol–water partition coefficient (Wildman–Crippen LogP) is 4.94. The van der Waals surface area contributed by atoms with Gasteiger partial charge in [-0.1, -0.05) is 77.6 Å². The minimum atomic E-state index is -1.94. The van der Waals surface area contributed by atoms with E-state index in [0.29, 0.717) is 24.0 Å². The van der Waals surface area contributed by atoms with E-state index in [1.807, 2.05) is 13.8 Å². The van der Waals surface area contributed by atoms with Gasteiger partial charge in [-0.2, -0.15) is 0 Å². The molecule has 10 heteroatoms. The number of halogens is 2. The second-order valence-electron chi connectivity index (χ2n) is 13.3. The summed E-state index contributed by atoms with van der Waals surface area (Å²) in [4.78, 5) is 39.9. The van der Waals surface area contributed by atoms with Gasteiger partial charge in [-0.05, 0) is 43.8 Å². The number of aliphatic hydroxyl groups is 3. The van der Waals surface area contributed by atoms with E-state index < -0.39 is 63.7 Å². The van der Waals surface area contributed by atoms with Crippen LogP contribution >= 0.6 is 31.9 Å². The lowest BCUT2D eigenvalue weighted by atomic mass is 9.59. The van der Waals surface area contributed by atoms with E-state index in [-0.39, 0.29) is 31.8 Å². The minimum absolute atomic E-state index is 0.113. The summed E-state index contributed by atoms with van der Waals surface area (Å²) in [5.74, 6) is -4.23. The fraction of sp³-hybridized carbons (Fsp3) is 0.781. The molecule has 0 saturated heterocycles. The Morgan fingerprint density at radius 2 is 1.57 bits per heavy atom. The molecule has 2 saturated carbocycles. The van der Waals surface area contributed by atoms with Gasteiger partial charge in [0, 0.05) is 59.0 Å². The number of hydrogen-bond acceptors (Lipinski definition) is 8. The quantitative estimate of drug-likeness (QED) is 0.106. The second kappa shape index (κ2) is 12.7. The molecule has 4 aliphatic carbocycles. The fourth-order valence-corrected chi connectivity index (χ4v) is 9.14. The maximum absolute atomic E-state index is 13.3. The van der Waals surface area contributed by atoms with Crippen molar-refractivity contribution >= 4 is 49.6 Å². The number of unbranched alkanes of at least 4 members (excludes halogenated alkanes) is 4. The topological polar surface area (TPSA) is 130 Å². The maximum atomic E-state index is 13.3. The molecule has 8 atom stereocenters. The van der Waals surface area contributed by atoms with Gasteiger partial charge in [-0.15, -0.1) is 0 Å². The summed E-state index contributed by atoms with van der Waals surface area (Å²) >= 11 is 6.83. The highest BCUT2D eigenvalue weighted by molar-refractivity contribution is 9.09. The highest BCUT2D eigenvalue weighted by Gasteiger charge is 2.87. The molecular formula is C32H46Br2O8. The number of hydrogen-bond donors (Lipinski definition) is 3. The molecule has 8 nitrogen and oxygen atoms in total. The Labute approximate surface area is 265 Å². The summed E-state index contributed by atoms with van der Waals surface area (Å²) in [6, 6.07) is 0. The van der Waals surface area contributed by atoms with E-state index in [1.165, 1.54) is 0 Å². The number of esters is 2. The minimum Gasteiger partial charge on any atom is -0.458 e. The number of Topliss-reactive ketones (excluding diaryl/α,β-unsaturated/α-hetero) is 1. The normalized spacial score (nSPS) is 37.9. The van der Waals surface area contributed by atoms with Crippen LogP contribution < -0.4 is 0 Å². The van der Waals surface area contributed by atoms with E-state index >= 15 is 0 Å². The van der Waals surface area contributed by atoms with Gasteiger partial charge >= 0.3 is 11.9 Å². The summed E-state index contributed by atoms with van der Waals surface area (Å²) in [6.45, 7) is 6.90. The molecule has 0 aromatic heterocycles. The molecule has 0 bridgehead atoms. The lowest BCUT2D eigenvalue weighted by Gasteiger charge is -2.53. The second-order valence-corrected chi connectivity index (χ2v) is 14.9. The third-order valence-electron chi connectivity index (χ3n) is 10.5. The summed E-state index contributed by atoms with van der Waals surface area (Å²) < 4.78 is 12.6. The van der Waals surface area contributed by atoms with Crippen LogP contribution in [0.3, 0.4) is 0 Å². The Morgan fingerprint density at radius 1 is 0.976 bits per heavy atom. The van der Waals surface area contributed by atoms with Gasteiger partial charge in [0.05, 0.1) is 12.2 Å². The third kappa shape index (κ3) is 5.39. The zero-order chi connectivity index (χ0) is 31.1. The van der Waals surface area contributed by atoms with Crippen LogP contribution in [0.25, 0.3) is 0 Å². The van der Waals surface area contributed by atoms with Crippen molar-refractivity contribution in [1.29, 1.82) is 0 Å². The van der Waals surface area contributed by atoms with Crippen LogP contribution in [0.15, 0.2) is 23.3 Å². The van der Waals surface area contributed by atoms with Gasteiger partial charge in [0.1, 0.15) is 11.7 Å². The highest BCUT2D eigenvalue weighted by atomic mass is 79.9. The standard InChI is InChI=1S/C32H46Br2O8/c1-19-15-23-30(39,27(19)38)17-21(18-35)16-22-26-29(3,4)32(26,42-25(37)12-8-6-10-14-34)28(20(2)31(22,23)40)41-24(36)11-7-5-9-13-33/h15-16,20,22-23,26,28,35,39-40H,5-14,17-18H2,1-4H3/t20-,22+,23-,26-,28-,30-,31-,32-/m1/s1. The van der Waals surface area contributed by atoms with Gasteiger partial charge in [0.2, 0.25) is 0 Å². The largest absolute Gasteiger partial charge is 0.458 e. The van der Waals surface area contributed by atoms with Gasteiger partial charge in [-0.25, -0.2) is 0 Å². The van der Waals surface area contributed by atoms with Crippen LogP contribution in [-0.4, -0.2) is 73.2 Å². The molecule has 0 amide bonds. The van der Waals surface area contributed by atoms with Crippen LogP contribution in [-0.2, 0) is 23.9 Å². The monoisotopic (exact) mass is 716 g/mol. The molecule has 236 valence electrons. The molecule has 0 unspecified atom stereocenters. The number of aliphatic hydroxyl groups excluding tert-OH is 1. The van der Waals surface area contributed by atoms with Crippen molar-refractivity contribution in [3.63, 3.8) is 0 Å². The predicted molar refractivity (Wildman–Crippen MR) is 165 cm³/mol. The Kier molecular flexibility index (Phi) is 10.3. The van der Waals surface area contributed by atoms with E-state index in [0.717, 1.165) is 36.3 Å². The van der Waals surface area contributed by atoms with Crippen molar-refractivity contribution in [2.75, 3.05) is 17.3 Å². The first-order valence-electron chi connectivity index (χ1n) is 15.3. The van der Waals surface area contributed by atoms with Gasteiger partial charge in [0.25, 0.3) is 0 Å². The molecule has 0 spiro atoms. The smallest absolute Gasteiger partial charge is 0.306 e. The molecule has 4 aliphatic rings. The van der Waals surface area contributed by atoms with Crippen molar-refractivity contribution in [2.24, 2.45) is 29.1 Å². The summed E-state index contributed by atoms with van der Waals surface area (Å²) in [5.41, 5.74) is -4.77. The highest BCUT2D eigenvalue weighted by Crippen LogP contribution is 2.77. The van der Waals surface area contributed by atoms with E-state index in [2.05, 4.69) is 31.9 Å². The van der Waals surface area contributed by atoms with Gasteiger partial charge in [0.15, 0.2) is 11.4 Å². The van der Waals surface area contributed by atoms with Gasteiger partial charge in [-0.3, -0.25) is 14.4 Å². The van der Waals surface area contributed by atoms with Crippen molar-refractivity contribution in [2.45, 2.75) is 108 Å². The molecule has 4 rings (SSSR count). The van der Waals surface area contributed by atoms with Crippen LogP contribution in [0.4, 0.5) is 0 Å². The van der Waals surface area contributed by atoms with Crippen LogP contribution in [0.2, 0.25) is 0 Å². The lowest BCUT2D eigenvalue weighted by molar-refractivity contribution is -0.229. The molecule has 42 heavy (non-hydrogen) atoms. The molecule has 3 N–H and O–H groups in total. The summed E-state index contributed by atoms with van der Waals surface area (Å²) in [7, 11) is 0. The van der Waals surface area contributed by atoms with E-state index in [9.17, 15) is 29.7 Å². The number of carbonyl (C=O) groups excluding carboxylic acids is 3. The number of alkyl halides is 2. The zero-order valence-electron chi connectivity index (χ0n) is 25.2. The molecule has 0 aromatic carbocycles. The molecule has 0 aromatic rings. The maximum Gasteiger partial charge on any atom is 0.306 e. The number of carbonyl (C=O) groups is 3. The number of fused-ring (bicyclic) bond motifs is 5. The SMILES string of the molecule is CC1=C[C@H]2[C@@]3(O)[C@H](C)[C@@H](OC(=O)CCCCCBr)[C@]4(OC(=O)CCCCCBr)[C@H]([C@@H]3C=C(CO)C[C@]2(O)C1=O)C4(C)C. The van der Waals surface area contributed by atoms with Crippen LogP contribution in [0.1, 0.15) is 85.5 Å². The number of ether oxygens (including phenoxy) is 2. The molecule has 2 fully saturated rings. The molecule has 0 radical (unpaired) electrons. The number of rotatable bonds is 13. The first-order chi connectivity index (χ1) is 19.8. The Balaban J connectivity index is 1.77. The first-order valence-corrected chi connectivity index (χ1v) is 17.5. The van der Waals surface area contributed by atoms with Crippen molar-refractivity contribution in [3.05, 3.63) is 23.3 Å². The molecular weight excluding hydrogens is 672 g/mol. The molecule has 0 heterocycles. The van der Waals surface area contributed by atoms with E-state index in [4.69, 9.17) is 9.47 Å². The number of ketones is 1. The van der Waals surface area contributed by atoms with Gasteiger partial charge < -0.3 is 24.8 Å². The van der Waals surface area contributed by atoms with Crippen molar-refractivity contribution in [1.82, 2.24) is 0 Å².